The van der Waals surface area contributed by atoms with Crippen molar-refractivity contribution >= 4 is 17.3 Å². The van der Waals surface area contributed by atoms with Crippen LogP contribution in [0.1, 0.15) is 12.6 Å². The van der Waals surface area contributed by atoms with Crippen LogP contribution in [-0.4, -0.2) is 29.4 Å². The summed E-state index contributed by atoms with van der Waals surface area (Å²) in [5.74, 6) is 0.920. The standard InChI is InChI=1S/C16H14FN7/c1-2-11-7-15(24-16(22-11)18-10-20-24)21-12-8-19-23(9-12)14-6-4-3-5-13(14)17/h3-10,21H,2H2,1H3. The zero-order chi connectivity index (χ0) is 16.5. The Morgan fingerprint density at radius 3 is 2.92 bits per heavy atom. The largest absolute Gasteiger partial charge is 0.337 e. The molecule has 3 aromatic heterocycles. The molecule has 0 aliphatic heterocycles. The lowest BCUT2D eigenvalue weighted by atomic mass is 10.3. The first-order valence-electron chi connectivity index (χ1n) is 7.51. The van der Waals surface area contributed by atoms with E-state index in [1.807, 2.05) is 13.0 Å². The van der Waals surface area contributed by atoms with Gasteiger partial charge in [0, 0.05) is 11.8 Å². The molecule has 0 radical (unpaired) electrons. The Balaban J connectivity index is 1.70. The normalized spacial score (nSPS) is 11.1. The molecule has 7 nitrogen and oxygen atoms in total. The first kappa shape index (κ1) is 14.3. The maximum Gasteiger partial charge on any atom is 0.254 e. The molecule has 8 heteroatoms. The Morgan fingerprint density at radius 1 is 1.21 bits per heavy atom. The fourth-order valence-electron chi connectivity index (χ4n) is 2.44. The van der Waals surface area contributed by atoms with Crippen LogP contribution in [0.2, 0.25) is 0 Å². The minimum absolute atomic E-state index is 0.331. The quantitative estimate of drug-likeness (QED) is 0.625. The highest BCUT2D eigenvalue weighted by Crippen LogP contribution is 2.20. The number of hydrogen-bond donors (Lipinski definition) is 1. The van der Waals surface area contributed by atoms with Crippen LogP contribution >= 0.6 is 0 Å². The molecule has 0 bridgehead atoms. The number of aryl methyl sites for hydroxylation is 1. The average Bonchev–Trinajstić information content (AvgIpc) is 3.24. The van der Waals surface area contributed by atoms with E-state index in [1.54, 1.807) is 35.1 Å². The van der Waals surface area contributed by atoms with Crippen LogP contribution in [0.5, 0.6) is 0 Å². The molecule has 120 valence electrons. The molecule has 24 heavy (non-hydrogen) atoms. The number of halogens is 1. The molecule has 0 atom stereocenters. The zero-order valence-corrected chi connectivity index (χ0v) is 12.9. The summed E-state index contributed by atoms with van der Waals surface area (Å²) in [5.41, 5.74) is 2.00. The van der Waals surface area contributed by atoms with Gasteiger partial charge in [0.2, 0.25) is 0 Å². The number of nitrogens with one attached hydrogen (secondary N) is 1. The predicted molar refractivity (Wildman–Crippen MR) is 87.0 cm³/mol. The van der Waals surface area contributed by atoms with Crippen molar-refractivity contribution in [1.82, 2.24) is 29.4 Å². The van der Waals surface area contributed by atoms with Crippen molar-refractivity contribution in [3.05, 3.63) is 60.6 Å². The highest BCUT2D eigenvalue weighted by Gasteiger charge is 2.10. The summed E-state index contributed by atoms with van der Waals surface area (Å²) in [6.07, 6.45) is 5.58. The van der Waals surface area contributed by atoms with E-state index in [1.165, 1.54) is 17.1 Å². The van der Waals surface area contributed by atoms with E-state index < -0.39 is 0 Å². The first-order valence-corrected chi connectivity index (χ1v) is 7.51. The minimum atomic E-state index is -0.331. The van der Waals surface area contributed by atoms with Gasteiger partial charge in [-0.3, -0.25) is 0 Å². The van der Waals surface area contributed by atoms with E-state index in [9.17, 15) is 4.39 Å². The third kappa shape index (κ3) is 2.47. The Bertz CT molecular complexity index is 1000. The fraction of sp³-hybridized carbons (Fsp3) is 0.125. The van der Waals surface area contributed by atoms with Gasteiger partial charge in [-0.05, 0) is 18.6 Å². The van der Waals surface area contributed by atoms with Crippen LogP contribution in [0.15, 0.2) is 49.1 Å². The minimum Gasteiger partial charge on any atom is -0.337 e. The average molecular weight is 323 g/mol. The van der Waals surface area contributed by atoms with E-state index in [4.69, 9.17) is 0 Å². The molecule has 1 aromatic carbocycles. The maximum absolute atomic E-state index is 13.9. The van der Waals surface area contributed by atoms with Gasteiger partial charge >= 0.3 is 0 Å². The van der Waals surface area contributed by atoms with E-state index in [0.29, 0.717) is 17.2 Å². The lowest BCUT2D eigenvalue weighted by Gasteiger charge is -2.07. The van der Waals surface area contributed by atoms with Gasteiger partial charge in [-0.1, -0.05) is 19.1 Å². The third-order valence-corrected chi connectivity index (χ3v) is 3.62. The van der Waals surface area contributed by atoms with E-state index in [-0.39, 0.29) is 5.82 Å². The molecule has 1 N–H and O–H groups in total. The molecular weight excluding hydrogens is 309 g/mol. The molecule has 3 heterocycles. The second-order valence-electron chi connectivity index (χ2n) is 5.21. The number of hydrogen-bond acceptors (Lipinski definition) is 5. The molecule has 0 unspecified atom stereocenters. The zero-order valence-electron chi connectivity index (χ0n) is 12.9. The monoisotopic (exact) mass is 323 g/mol. The third-order valence-electron chi connectivity index (χ3n) is 3.62. The van der Waals surface area contributed by atoms with Crippen LogP contribution in [0.4, 0.5) is 15.9 Å². The van der Waals surface area contributed by atoms with Gasteiger partial charge in [0.1, 0.15) is 23.6 Å². The molecule has 0 amide bonds. The summed E-state index contributed by atoms with van der Waals surface area (Å²) in [4.78, 5) is 8.52. The molecule has 0 saturated carbocycles. The molecule has 4 rings (SSSR count). The Hall–Kier alpha value is -3.29. The summed E-state index contributed by atoms with van der Waals surface area (Å²) in [7, 11) is 0. The molecule has 0 spiro atoms. The van der Waals surface area contributed by atoms with Crippen molar-refractivity contribution in [3.8, 4) is 5.69 Å². The summed E-state index contributed by atoms with van der Waals surface area (Å²) in [6.45, 7) is 2.02. The number of para-hydroxylation sites is 1. The summed E-state index contributed by atoms with van der Waals surface area (Å²) in [6, 6.07) is 8.39. The topological polar surface area (TPSA) is 72.9 Å². The number of rotatable bonds is 4. The molecule has 0 aliphatic rings. The summed E-state index contributed by atoms with van der Waals surface area (Å²) in [5, 5.41) is 11.6. The van der Waals surface area contributed by atoms with Crippen molar-refractivity contribution in [1.29, 1.82) is 0 Å². The van der Waals surface area contributed by atoms with Crippen molar-refractivity contribution in [2.75, 3.05) is 5.32 Å². The lowest BCUT2D eigenvalue weighted by Crippen LogP contribution is -2.03. The van der Waals surface area contributed by atoms with Gasteiger partial charge in [-0.15, -0.1) is 0 Å². The molecule has 0 fully saturated rings. The van der Waals surface area contributed by atoms with Crippen LogP contribution in [0.3, 0.4) is 0 Å². The maximum atomic E-state index is 13.9. The van der Waals surface area contributed by atoms with Gasteiger partial charge in [0.05, 0.1) is 18.1 Å². The molecule has 4 aromatic rings. The highest BCUT2D eigenvalue weighted by molar-refractivity contribution is 5.57. The first-order chi connectivity index (χ1) is 11.7. The number of nitrogens with zero attached hydrogens (tertiary/aromatic N) is 6. The number of benzene rings is 1. The summed E-state index contributed by atoms with van der Waals surface area (Å²) >= 11 is 0. The molecule has 0 aliphatic carbocycles. The number of aromatic nitrogens is 6. The van der Waals surface area contributed by atoms with Gasteiger partial charge in [-0.2, -0.15) is 19.7 Å². The SMILES string of the molecule is CCc1cc(Nc2cnn(-c3ccccc3F)c2)n2ncnc2n1. The van der Waals surface area contributed by atoms with Gasteiger partial charge in [0.15, 0.2) is 0 Å². The van der Waals surface area contributed by atoms with Crippen molar-refractivity contribution in [3.63, 3.8) is 0 Å². The van der Waals surface area contributed by atoms with Crippen molar-refractivity contribution < 1.29 is 4.39 Å². The highest BCUT2D eigenvalue weighted by atomic mass is 19.1. The Kier molecular flexibility index (Phi) is 3.42. The Labute approximate surface area is 136 Å². The van der Waals surface area contributed by atoms with E-state index >= 15 is 0 Å². The van der Waals surface area contributed by atoms with E-state index in [2.05, 4.69) is 25.5 Å². The lowest BCUT2D eigenvalue weighted by molar-refractivity contribution is 0.611. The van der Waals surface area contributed by atoms with Crippen molar-refractivity contribution in [2.24, 2.45) is 0 Å². The Morgan fingerprint density at radius 2 is 2.08 bits per heavy atom. The van der Waals surface area contributed by atoms with Gasteiger partial charge < -0.3 is 5.32 Å². The van der Waals surface area contributed by atoms with Crippen LogP contribution in [-0.2, 0) is 6.42 Å². The number of anilines is 2. The number of fused-ring (bicyclic) bond motifs is 1. The second kappa shape index (κ2) is 5.73. The van der Waals surface area contributed by atoms with Crippen LogP contribution in [0.25, 0.3) is 11.5 Å². The van der Waals surface area contributed by atoms with Gasteiger partial charge in [0.25, 0.3) is 5.78 Å². The van der Waals surface area contributed by atoms with Crippen molar-refractivity contribution in [2.45, 2.75) is 13.3 Å². The van der Waals surface area contributed by atoms with E-state index in [0.717, 1.165) is 17.9 Å². The molecule has 0 saturated heterocycles. The summed E-state index contributed by atoms with van der Waals surface area (Å²) < 4.78 is 17.0. The van der Waals surface area contributed by atoms with Crippen LogP contribution in [0, 0.1) is 5.82 Å². The van der Waals surface area contributed by atoms with Crippen LogP contribution < -0.4 is 5.32 Å². The fourth-order valence-corrected chi connectivity index (χ4v) is 2.44. The predicted octanol–water partition coefficient (Wildman–Crippen LogP) is 2.76. The van der Waals surface area contributed by atoms with Gasteiger partial charge in [-0.25, -0.2) is 14.1 Å². The second-order valence-corrected chi connectivity index (χ2v) is 5.21. The smallest absolute Gasteiger partial charge is 0.254 e. The molecular formula is C16H14FN7.